The van der Waals surface area contributed by atoms with Crippen LogP contribution in [-0.4, -0.2) is 37.0 Å². The van der Waals surface area contributed by atoms with Gasteiger partial charge >= 0.3 is 0 Å². The van der Waals surface area contributed by atoms with Gasteiger partial charge in [-0.2, -0.15) is 0 Å². The maximum Gasteiger partial charge on any atom is 0.246 e. The number of hydrogen-bond acceptors (Lipinski definition) is 4. The summed E-state index contributed by atoms with van der Waals surface area (Å²) in [6.07, 6.45) is -0.290. The van der Waals surface area contributed by atoms with Gasteiger partial charge in [-0.25, -0.2) is 0 Å². The highest BCUT2D eigenvalue weighted by atomic mass is 16.5. The first-order chi connectivity index (χ1) is 12.1. The van der Waals surface area contributed by atoms with Gasteiger partial charge < -0.3 is 14.8 Å². The third-order valence-electron chi connectivity index (χ3n) is 4.18. The van der Waals surface area contributed by atoms with E-state index in [2.05, 4.69) is 17.4 Å². The molecule has 1 unspecified atom stereocenters. The second-order valence-electron chi connectivity index (χ2n) is 6.08. The summed E-state index contributed by atoms with van der Waals surface area (Å²) in [5, 5.41) is 2.66. The van der Waals surface area contributed by atoms with E-state index in [1.807, 2.05) is 42.5 Å². The Kier molecular flexibility index (Phi) is 5.58. The monoisotopic (exact) mass is 339 g/mol. The number of rotatable bonds is 6. The van der Waals surface area contributed by atoms with E-state index < -0.39 is 6.04 Å². The Morgan fingerprint density at radius 1 is 1.12 bits per heavy atom. The van der Waals surface area contributed by atoms with E-state index in [0.717, 1.165) is 16.7 Å². The molecular formula is C20H21NO4. The summed E-state index contributed by atoms with van der Waals surface area (Å²) in [5.74, 6) is -0.408. The van der Waals surface area contributed by atoms with Crippen molar-refractivity contribution in [3.8, 4) is 11.1 Å². The van der Waals surface area contributed by atoms with E-state index in [-0.39, 0.29) is 31.0 Å². The van der Waals surface area contributed by atoms with Crippen molar-refractivity contribution in [3.63, 3.8) is 0 Å². The zero-order valence-corrected chi connectivity index (χ0v) is 14.1. The predicted octanol–water partition coefficient (Wildman–Crippen LogP) is 2.34. The van der Waals surface area contributed by atoms with Gasteiger partial charge in [0.05, 0.1) is 12.7 Å². The van der Waals surface area contributed by atoms with Crippen molar-refractivity contribution in [1.29, 1.82) is 0 Å². The van der Waals surface area contributed by atoms with Crippen molar-refractivity contribution in [1.82, 2.24) is 5.32 Å². The fourth-order valence-corrected chi connectivity index (χ4v) is 2.76. The Morgan fingerprint density at radius 2 is 1.80 bits per heavy atom. The van der Waals surface area contributed by atoms with Crippen LogP contribution in [0.2, 0.25) is 0 Å². The molecule has 1 saturated heterocycles. The Labute approximate surface area is 147 Å². The number of Topliss-reactive ketones (excluding diaryl/α,β-unsaturated/α-hetero) is 1. The molecule has 0 aromatic heterocycles. The fraction of sp³-hybridized carbons (Fsp3) is 0.300. The van der Waals surface area contributed by atoms with Crippen LogP contribution in [0.15, 0.2) is 54.6 Å². The van der Waals surface area contributed by atoms with E-state index in [4.69, 9.17) is 9.47 Å². The van der Waals surface area contributed by atoms with Crippen LogP contribution in [-0.2, 0) is 25.7 Å². The molecule has 3 rings (SSSR count). The molecule has 1 heterocycles. The number of benzene rings is 2. The first-order valence-electron chi connectivity index (χ1n) is 8.29. The molecule has 0 spiro atoms. The second kappa shape index (κ2) is 8.05. The molecule has 130 valence electrons. The topological polar surface area (TPSA) is 64.6 Å². The molecule has 2 aromatic rings. The van der Waals surface area contributed by atoms with E-state index in [1.54, 1.807) is 6.92 Å². The minimum absolute atomic E-state index is 0.0563. The maximum absolute atomic E-state index is 11.9. The highest BCUT2D eigenvalue weighted by Gasteiger charge is 2.33. The third-order valence-corrected chi connectivity index (χ3v) is 4.18. The summed E-state index contributed by atoms with van der Waals surface area (Å²) < 4.78 is 10.6. The summed E-state index contributed by atoms with van der Waals surface area (Å²) in [6.45, 7) is 2.08. The number of nitrogens with one attached hydrogen (secondary N) is 1. The van der Waals surface area contributed by atoms with Crippen LogP contribution in [0.5, 0.6) is 0 Å². The van der Waals surface area contributed by atoms with Crippen molar-refractivity contribution in [2.75, 3.05) is 13.2 Å². The Bertz CT molecular complexity index is 727. The van der Waals surface area contributed by atoms with Gasteiger partial charge in [0.2, 0.25) is 5.91 Å². The van der Waals surface area contributed by atoms with E-state index >= 15 is 0 Å². The normalized spacial score (nSPS) is 19.8. The number of amides is 1. The zero-order valence-electron chi connectivity index (χ0n) is 14.1. The van der Waals surface area contributed by atoms with Crippen molar-refractivity contribution in [3.05, 3.63) is 60.2 Å². The summed E-state index contributed by atoms with van der Waals surface area (Å²) >= 11 is 0. The first-order valence-corrected chi connectivity index (χ1v) is 8.29. The molecule has 1 amide bonds. The highest BCUT2D eigenvalue weighted by Crippen LogP contribution is 2.19. The largest absolute Gasteiger partial charge is 0.368 e. The zero-order chi connectivity index (χ0) is 17.6. The van der Waals surface area contributed by atoms with Crippen molar-refractivity contribution in [2.45, 2.75) is 25.7 Å². The number of ketones is 1. The molecule has 1 aliphatic heterocycles. The van der Waals surface area contributed by atoms with Gasteiger partial charge in [0.1, 0.15) is 19.3 Å². The standard InChI is InChI=1S/C20H21NO4/c1-14-20(18(22)12-25-14)21-19(23)13-24-11-15-7-9-17(10-8-15)16-5-3-2-4-6-16/h2-10,14,20H,11-13H2,1H3,(H,21,23)/t14-,20?/m1/s1. The molecule has 0 bridgehead atoms. The van der Waals surface area contributed by atoms with Crippen molar-refractivity contribution >= 4 is 11.7 Å². The number of carbonyl (C=O) groups is 2. The number of hydrogen-bond donors (Lipinski definition) is 1. The first kappa shape index (κ1) is 17.3. The molecule has 5 heteroatoms. The lowest BCUT2D eigenvalue weighted by atomic mass is 10.0. The van der Waals surface area contributed by atoms with Gasteiger partial charge in [-0.15, -0.1) is 0 Å². The van der Waals surface area contributed by atoms with Gasteiger partial charge in [0, 0.05) is 0 Å². The van der Waals surface area contributed by atoms with Crippen LogP contribution in [0.1, 0.15) is 12.5 Å². The van der Waals surface area contributed by atoms with Crippen LogP contribution < -0.4 is 5.32 Å². The van der Waals surface area contributed by atoms with Crippen molar-refractivity contribution < 1.29 is 19.1 Å². The third kappa shape index (κ3) is 4.53. The molecule has 2 atom stereocenters. The Morgan fingerprint density at radius 3 is 2.44 bits per heavy atom. The summed E-state index contributed by atoms with van der Waals surface area (Å²) in [6, 6.07) is 17.6. The van der Waals surface area contributed by atoms with Gasteiger partial charge in [-0.05, 0) is 23.6 Å². The van der Waals surface area contributed by atoms with Gasteiger partial charge in [-0.3, -0.25) is 9.59 Å². The molecule has 1 fully saturated rings. The lowest BCUT2D eigenvalue weighted by Crippen LogP contribution is -2.45. The quantitative estimate of drug-likeness (QED) is 0.877. The summed E-state index contributed by atoms with van der Waals surface area (Å²) in [5.41, 5.74) is 3.28. The van der Waals surface area contributed by atoms with Crippen LogP contribution in [0.25, 0.3) is 11.1 Å². The Hall–Kier alpha value is -2.50. The highest BCUT2D eigenvalue weighted by molar-refractivity contribution is 5.92. The lowest BCUT2D eigenvalue weighted by Gasteiger charge is -2.14. The average Bonchev–Trinajstić information content (AvgIpc) is 2.95. The molecule has 0 saturated carbocycles. The fourth-order valence-electron chi connectivity index (χ4n) is 2.76. The molecule has 1 aliphatic rings. The molecule has 0 aliphatic carbocycles. The molecule has 5 nitrogen and oxygen atoms in total. The average molecular weight is 339 g/mol. The van der Waals surface area contributed by atoms with Crippen LogP contribution >= 0.6 is 0 Å². The summed E-state index contributed by atoms with van der Waals surface area (Å²) in [7, 11) is 0. The van der Waals surface area contributed by atoms with Crippen LogP contribution in [0.3, 0.4) is 0 Å². The van der Waals surface area contributed by atoms with Gasteiger partial charge in [-0.1, -0.05) is 54.6 Å². The van der Waals surface area contributed by atoms with Gasteiger partial charge in [0.15, 0.2) is 5.78 Å². The predicted molar refractivity (Wildman–Crippen MR) is 93.9 cm³/mol. The molecule has 25 heavy (non-hydrogen) atoms. The van der Waals surface area contributed by atoms with Crippen molar-refractivity contribution in [2.24, 2.45) is 0 Å². The van der Waals surface area contributed by atoms with E-state index in [0.29, 0.717) is 6.61 Å². The minimum atomic E-state index is -0.568. The second-order valence-corrected chi connectivity index (χ2v) is 6.08. The smallest absolute Gasteiger partial charge is 0.246 e. The number of ether oxygens (including phenoxy) is 2. The van der Waals surface area contributed by atoms with Gasteiger partial charge in [0.25, 0.3) is 0 Å². The molecule has 2 aromatic carbocycles. The molecule has 0 radical (unpaired) electrons. The van der Waals surface area contributed by atoms with Crippen LogP contribution in [0.4, 0.5) is 0 Å². The van der Waals surface area contributed by atoms with Crippen LogP contribution in [0, 0.1) is 0 Å². The van der Waals surface area contributed by atoms with E-state index in [1.165, 1.54) is 0 Å². The molecular weight excluding hydrogens is 318 g/mol. The maximum atomic E-state index is 11.9. The van der Waals surface area contributed by atoms with E-state index in [9.17, 15) is 9.59 Å². The lowest BCUT2D eigenvalue weighted by molar-refractivity contribution is -0.129. The number of carbonyl (C=O) groups excluding carboxylic acids is 2. The Balaban J connectivity index is 1.46. The SMILES string of the molecule is C[C@H]1OCC(=O)C1NC(=O)COCc1ccc(-c2ccccc2)cc1. The minimum Gasteiger partial charge on any atom is -0.368 e. The summed E-state index contributed by atoms with van der Waals surface area (Å²) in [4.78, 5) is 23.5. The molecule has 1 N–H and O–H groups in total.